The SMILES string of the molecule is O=C(O)CS(=O)CC1CCC2(CCCCC2)O1. The first-order valence-electron chi connectivity index (χ1n) is 6.34. The molecule has 0 aromatic carbocycles. The maximum absolute atomic E-state index is 11.5. The minimum atomic E-state index is -1.29. The van der Waals surface area contributed by atoms with Gasteiger partial charge in [-0.25, -0.2) is 0 Å². The predicted molar refractivity (Wildman–Crippen MR) is 65.4 cm³/mol. The highest BCUT2D eigenvalue weighted by atomic mass is 32.2. The lowest BCUT2D eigenvalue weighted by atomic mass is 9.83. The second-order valence-electron chi connectivity index (χ2n) is 5.17. The topological polar surface area (TPSA) is 63.6 Å². The summed E-state index contributed by atoms with van der Waals surface area (Å²) in [6.45, 7) is 0. The molecule has 1 N–H and O–H groups in total. The van der Waals surface area contributed by atoms with E-state index in [0.717, 1.165) is 25.7 Å². The third-order valence-electron chi connectivity index (χ3n) is 3.76. The molecule has 2 fully saturated rings. The van der Waals surface area contributed by atoms with Gasteiger partial charge in [0.15, 0.2) is 0 Å². The number of carboxylic acids is 1. The highest BCUT2D eigenvalue weighted by Crippen LogP contribution is 2.41. The number of carboxylic acid groups (broad SMARTS) is 1. The van der Waals surface area contributed by atoms with E-state index in [1.54, 1.807) is 0 Å². The van der Waals surface area contributed by atoms with E-state index < -0.39 is 16.8 Å². The van der Waals surface area contributed by atoms with Crippen molar-refractivity contribution < 1.29 is 18.8 Å². The van der Waals surface area contributed by atoms with E-state index in [1.165, 1.54) is 19.3 Å². The quantitative estimate of drug-likeness (QED) is 0.835. The van der Waals surface area contributed by atoms with Crippen LogP contribution in [-0.4, -0.2) is 38.5 Å². The normalized spacial score (nSPS) is 29.3. The van der Waals surface area contributed by atoms with Crippen LogP contribution in [0.25, 0.3) is 0 Å². The van der Waals surface area contributed by atoms with Crippen LogP contribution in [0, 0.1) is 0 Å². The van der Waals surface area contributed by atoms with Gasteiger partial charge in [0, 0.05) is 10.8 Å². The van der Waals surface area contributed by atoms with Crippen LogP contribution < -0.4 is 0 Å². The summed E-state index contributed by atoms with van der Waals surface area (Å²) in [6.07, 6.45) is 7.99. The third kappa shape index (κ3) is 3.52. The lowest BCUT2D eigenvalue weighted by Gasteiger charge is -2.33. The van der Waals surface area contributed by atoms with Crippen LogP contribution in [0.15, 0.2) is 0 Å². The minimum absolute atomic E-state index is 0.00767. The maximum atomic E-state index is 11.5. The Morgan fingerprint density at radius 3 is 2.65 bits per heavy atom. The van der Waals surface area contributed by atoms with Gasteiger partial charge in [0.05, 0.1) is 17.5 Å². The first kappa shape index (κ1) is 13.0. The predicted octanol–water partition coefficient (Wildman–Crippen LogP) is 1.70. The third-order valence-corrected chi connectivity index (χ3v) is 5.07. The molecule has 1 heterocycles. The maximum Gasteiger partial charge on any atom is 0.316 e. The van der Waals surface area contributed by atoms with Gasteiger partial charge < -0.3 is 9.84 Å². The molecule has 5 heteroatoms. The van der Waals surface area contributed by atoms with Crippen molar-refractivity contribution in [3.05, 3.63) is 0 Å². The van der Waals surface area contributed by atoms with Gasteiger partial charge in [0.25, 0.3) is 0 Å². The molecule has 0 amide bonds. The molecule has 2 rings (SSSR count). The fraction of sp³-hybridized carbons (Fsp3) is 0.917. The van der Waals surface area contributed by atoms with E-state index in [-0.39, 0.29) is 17.5 Å². The molecule has 1 saturated heterocycles. The van der Waals surface area contributed by atoms with Crippen LogP contribution in [0.3, 0.4) is 0 Å². The van der Waals surface area contributed by atoms with Crippen LogP contribution in [0.5, 0.6) is 0 Å². The summed E-state index contributed by atoms with van der Waals surface area (Å²) in [7, 11) is -1.29. The molecule has 1 spiro atoms. The number of carbonyl (C=O) groups is 1. The van der Waals surface area contributed by atoms with E-state index in [9.17, 15) is 9.00 Å². The van der Waals surface area contributed by atoms with Crippen molar-refractivity contribution in [3.63, 3.8) is 0 Å². The highest BCUT2D eigenvalue weighted by Gasteiger charge is 2.41. The van der Waals surface area contributed by atoms with Gasteiger partial charge in [0.2, 0.25) is 0 Å². The van der Waals surface area contributed by atoms with E-state index >= 15 is 0 Å². The molecule has 0 radical (unpaired) electrons. The zero-order chi connectivity index (χ0) is 12.3. The molecule has 4 nitrogen and oxygen atoms in total. The molecular weight excluding hydrogens is 240 g/mol. The first-order chi connectivity index (χ1) is 8.10. The summed E-state index contributed by atoms with van der Waals surface area (Å²) in [4.78, 5) is 10.4. The molecule has 98 valence electrons. The zero-order valence-electron chi connectivity index (χ0n) is 10.0. The number of hydrogen-bond acceptors (Lipinski definition) is 3. The molecule has 1 aliphatic carbocycles. The van der Waals surface area contributed by atoms with Crippen LogP contribution >= 0.6 is 0 Å². The van der Waals surface area contributed by atoms with Gasteiger partial charge in [0.1, 0.15) is 5.75 Å². The molecule has 2 atom stereocenters. The Bertz CT molecular complexity index is 310. The average molecular weight is 260 g/mol. The lowest BCUT2D eigenvalue weighted by molar-refractivity contribution is -0.133. The Kier molecular flexibility index (Phi) is 4.20. The molecule has 17 heavy (non-hydrogen) atoms. The van der Waals surface area contributed by atoms with Gasteiger partial charge in [-0.15, -0.1) is 0 Å². The molecule has 0 aromatic rings. The summed E-state index contributed by atoms with van der Waals surface area (Å²) in [5.41, 5.74) is 0.0380. The highest BCUT2D eigenvalue weighted by molar-refractivity contribution is 7.85. The summed E-state index contributed by atoms with van der Waals surface area (Å²) in [5.74, 6) is -0.866. The summed E-state index contributed by atoms with van der Waals surface area (Å²) in [5, 5.41) is 8.57. The average Bonchev–Trinajstić information content (AvgIpc) is 2.61. The smallest absolute Gasteiger partial charge is 0.316 e. The minimum Gasteiger partial charge on any atom is -0.481 e. The van der Waals surface area contributed by atoms with Gasteiger partial charge >= 0.3 is 5.97 Å². The van der Waals surface area contributed by atoms with E-state index in [2.05, 4.69) is 0 Å². The molecule has 1 saturated carbocycles. The van der Waals surface area contributed by atoms with Crippen LogP contribution in [0.1, 0.15) is 44.9 Å². The van der Waals surface area contributed by atoms with Crippen LogP contribution in [0.4, 0.5) is 0 Å². The second kappa shape index (κ2) is 5.48. The first-order valence-corrected chi connectivity index (χ1v) is 7.83. The number of ether oxygens (including phenoxy) is 1. The number of aliphatic carboxylic acids is 1. The molecule has 2 unspecified atom stereocenters. The zero-order valence-corrected chi connectivity index (χ0v) is 10.8. The van der Waals surface area contributed by atoms with Crippen LogP contribution in [0.2, 0.25) is 0 Å². The lowest BCUT2D eigenvalue weighted by Crippen LogP contribution is -2.33. The fourth-order valence-corrected chi connectivity index (χ4v) is 4.02. The Morgan fingerprint density at radius 2 is 2.00 bits per heavy atom. The van der Waals surface area contributed by atoms with Gasteiger partial charge in [-0.05, 0) is 25.7 Å². The molecule has 2 aliphatic rings. The summed E-state index contributed by atoms with van der Waals surface area (Å²) >= 11 is 0. The van der Waals surface area contributed by atoms with Crippen LogP contribution in [-0.2, 0) is 20.3 Å². The Labute approximate surface area is 104 Å². The standard InChI is InChI=1S/C12H20O4S/c13-11(14)9-17(15)8-10-4-7-12(16-10)5-2-1-3-6-12/h10H,1-9H2,(H,13,14). The molecule has 0 aromatic heterocycles. The van der Waals surface area contributed by atoms with E-state index in [1.807, 2.05) is 0 Å². The van der Waals surface area contributed by atoms with E-state index in [4.69, 9.17) is 9.84 Å². The van der Waals surface area contributed by atoms with E-state index in [0.29, 0.717) is 5.75 Å². The fourth-order valence-electron chi connectivity index (χ4n) is 2.98. The molecule has 0 bridgehead atoms. The van der Waals surface area contributed by atoms with Crippen molar-refractivity contribution in [2.24, 2.45) is 0 Å². The molecule has 1 aliphatic heterocycles. The number of hydrogen-bond donors (Lipinski definition) is 1. The van der Waals surface area contributed by atoms with Crippen molar-refractivity contribution in [3.8, 4) is 0 Å². The largest absolute Gasteiger partial charge is 0.481 e. The Hall–Kier alpha value is -0.420. The van der Waals surface area contributed by atoms with Crippen molar-refractivity contribution in [1.29, 1.82) is 0 Å². The Balaban J connectivity index is 1.81. The monoisotopic (exact) mass is 260 g/mol. The van der Waals surface area contributed by atoms with Crippen molar-refractivity contribution >= 4 is 16.8 Å². The summed E-state index contributed by atoms with van der Waals surface area (Å²) < 4.78 is 17.6. The molecular formula is C12H20O4S. The van der Waals surface area contributed by atoms with Gasteiger partial charge in [-0.2, -0.15) is 0 Å². The number of rotatable bonds is 4. The second-order valence-corrected chi connectivity index (χ2v) is 6.67. The van der Waals surface area contributed by atoms with Gasteiger partial charge in [-0.3, -0.25) is 9.00 Å². The van der Waals surface area contributed by atoms with Crippen molar-refractivity contribution in [2.75, 3.05) is 11.5 Å². The van der Waals surface area contributed by atoms with Gasteiger partial charge in [-0.1, -0.05) is 19.3 Å². The van der Waals surface area contributed by atoms with Crippen molar-refractivity contribution in [2.45, 2.75) is 56.7 Å². The summed E-state index contributed by atoms with van der Waals surface area (Å²) in [6, 6.07) is 0. The van der Waals surface area contributed by atoms with Crippen molar-refractivity contribution in [1.82, 2.24) is 0 Å². The Morgan fingerprint density at radius 1 is 1.29 bits per heavy atom.